The first-order chi connectivity index (χ1) is 10.9. The van der Waals surface area contributed by atoms with E-state index in [1.807, 2.05) is 13.8 Å². The minimum Gasteiger partial charge on any atom is -0.396 e. The summed E-state index contributed by atoms with van der Waals surface area (Å²) in [6, 6.07) is 4.95. The second kappa shape index (κ2) is 7.79. The van der Waals surface area contributed by atoms with Gasteiger partial charge in [-0.15, -0.1) is 0 Å². The maximum atomic E-state index is 12.5. The van der Waals surface area contributed by atoms with Crippen LogP contribution in [-0.2, 0) is 4.79 Å². The first-order valence-electron chi connectivity index (χ1n) is 7.95. The van der Waals surface area contributed by atoms with E-state index in [-0.39, 0.29) is 30.4 Å². The van der Waals surface area contributed by atoms with Crippen molar-refractivity contribution in [3.63, 3.8) is 0 Å². The normalized spacial score (nSPS) is 16.0. The van der Waals surface area contributed by atoms with E-state index < -0.39 is 0 Å². The summed E-state index contributed by atoms with van der Waals surface area (Å²) in [6.45, 7) is 4.66. The average Bonchev–Trinajstić information content (AvgIpc) is 2.93. The molecule has 6 heteroatoms. The Morgan fingerprint density at radius 1 is 1.43 bits per heavy atom. The van der Waals surface area contributed by atoms with E-state index in [2.05, 4.69) is 5.32 Å². The number of carbonyl (C=O) groups excluding carboxylic acids is 2. The lowest BCUT2D eigenvalue weighted by atomic mass is 10.0. The molecule has 1 aromatic carbocycles. The zero-order valence-corrected chi connectivity index (χ0v) is 14.3. The van der Waals surface area contributed by atoms with Crippen molar-refractivity contribution in [3.8, 4) is 0 Å². The summed E-state index contributed by atoms with van der Waals surface area (Å²) < 4.78 is 0. The maximum absolute atomic E-state index is 12.5. The van der Waals surface area contributed by atoms with Crippen molar-refractivity contribution in [2.75, 3.05) is 18.1 Å². The summed E-state index contributed by atoms with van der Waals surface area (Å²) in [5, 5.41) is 12.4. The van der Waals surface area contributed by atoms with Crippen LogP contribution < -0.4 is 10.2 Å². The van der Waals surface area contributed by atoms with Gasteiger partial charge in [-0.05, 0) is 37.0 Å². The van der Waals surface area contributed by atoms with Gasteiger partial charge in [0.1, 0.15) is 0 Å². The lowest BCUT2D eigenvalue weighted by molar-refractivity contribution is -0.117. The smallest absolute Gasteiger partial charge is 0.253 e. The van der Waals surface area contributed by atoms with Crippen LogP contribution >= 0.6 is 11.6 Å². The second-order valence-electron chi connectivity index (χ2n) is 6.15. The molecule has 2 rings (SSSR count). The Kier molecular flexibility index (Phi) is 6.02. The molecule has 1 fully saturated rings. The number of hydrogen-bond donors (Lipinski definition) is 2. The van der Waals surface area contributed by atoms with E-state index in [0.29, 0.717) is 35.7 Å². The number of hydrogen-bond acceptors (Lipinski definition) is 3. The summed E-state index contributed by atoms with van der Waals surface area (Å²) in [6.07, 6.45) is 1.86. The number of aliphatic hydroxyl groups is 1. The minimum atomic E-state index is -0.282. The molecular formula is C17H23ClN2O3. The van der Waals surface area contributed by atoms with Crippen molar-refractivity contribution < 1.29 is 14.7 Å². The van der Waals surface area contributed by atoms with Crippen LogP contribution in [0, 0.1) is 5.92 Å². The summed E-state index contributed by atoms with van der Waals surface area (Å²) in [5.74, 6) is -0.0112. The van der Waals surface area contributed by atoms with Gasteiger partial charge in [0, 0.05) is 31.3 Å². The zero-order valence-electron chi connectivity index (χ0n) is 13.5. The molecule has 0 aliphatic carbocycles. The third-order valence-electron chi connectivity index (χ3n) is 4.14. The first kappa shape index (κ1) is 17.8. The molecule has 1 saturated heterocycles. The van der Waals surface area contributed by atoms with E-state index in [4.69, 9.17) is 16.7 Å². The van der Waals surface area contributed by atoms with Crippen LogP contribution in [0.1, 0.15) is 43.5 Å². The Morgan fingerprint density at radius 2 is 2.17 bits per heavy atom. The zero-order chi connectivity index (χ0) is 17.0. The Balaban J connectivity index is 2.20. The standard InChI is InChI=1S/C17H23ClN2O3/c1-11(2)15(7-9-21)19-17(23)13-10-12(5-6-14(13)18)20-8-3-4-16(20)22/h5-6,10-11,15,21H,3-4,7-9H2,1-2H3,(H,19,23). The minimum absolute atomic E-state index is 0.0131. The van der Waals surface area contributed by atoms with Gasteiger partial charge < -0.3 is 15.3 Å². The van der Waals surface area contributed by atoms with Crippen LogP contribution in [-0.4, -0.2) is 36.1 Å². The van der Waals surface area contributed by atoms with Crippen molar-refractivity contribution in [1.82, 2.24) is 5.32 Å². The predicted octanol–water partition coefficient (Wildman–Crippen LogP) is 2.60. The second-order valence-corrected chi connectivity index (χ2v) is 6.56. The van der Waals surface area contributed by atoms with Crippen LogP contribution in [0.5, 0.6) is 0 Å². The molecule has 2 N–H and O–H groups in total. The molecule has 1 heterocycles. The molecule has 0 aromatic heterocycles. The molecule has 1 aliphatic rings. The molecule has 1 aromatic rings. The quantitative estimate of drug-likeness (QED) is 0.837. The van der Waals surface area contributed by atoms with Gasteiger partial charge >= 0.3 is 0 Å². The van der Waals surface area contributed by atoms with Gasteiger partial charge in [0.25, 0.3) is 5.91 Å². The third kappa shape index (κ3) is 4.24. The van der Waals surface area contributed by atoms with Gasteiger partial charge in [0.2, 0.25) is 5.91 Å². The van der Waals surface area contributed by atoms with Crippen molar-refractivity contribution in [2.45, 2.75) is 39.2 Å². The molecule has 23 heavy (non-hydrogen) atoms. The highest BCUT2D eigenvalue weighted by molar-refractivity contribution is 6.34. The number of nitrogens with zero attached hydrogens (tertiary/aromatic N) is 1. The van der Waals surface area contributed by atoms with Gasteiger partial charge in [-0.25, -0.2) is 0 Å². The number of benzene rings is 1. The fraction of sp³-hybridized carbons (Fsp3) is 0.529. The SMILES string of the molecule is CC(C)C(CCO)NC(=O)c1cc(N2CCCC2=O)ccc1Cl. The van der Waals surface area contributed by atoms with Crippen molar-refractivity contribution in [3.05, 3.63) is 28.8 Å². The number of carbonyl (C=O) groups is 2. The molecule has 1 unspecified atom stereocenters. The highest BCUT2D eigenvalue weighted by Gasteiger charge is 2.24. The molecule has 0 saturated carbocycles. The highest BCUT2D eigenvalue weighted by Crippen LogP contribution is 2.27. The van der Waals surface area contributed by atoms with E-state index in [1.165, 1.54) is 0 Å². The van der Waals surface area contributed by atoms with Crippen LogP contribution in [0.4, 0.5) is 5.69 Å². The predicted molar refractivity (Wildman–Crippen MR) is 90.8 cm³/mol. The molecule has 0 radical (unpaired) electrons. The van der Waals surface area contributed by atoms with E-state index in [0.717, 1.165) is 6.42 Å². The number of halogens is 1. The molecule has 0 spiro atoms. The van der Waals surface area contributed by atoms with Gasteiger partial charge in [-0.1, -0.05) is 25.4 Å². The molecule has 1 atom stereocenters. The van der Waals surface area contributed by atoms with Crippen LogP contribution in [0.2, 0.25) is 5.02 Å². The molecule has 126 valence electrons. The van der Waals surface area contributed by atoms with Gasteiger partial charge in [-0.2, -0.15) is 0 Å². The summed E-state index contributed by atoms with van der Waals surface area (Å²) >= 11 is 6.16. The summed E-state index contributed by atoms with van der Waals surface area (Å²) in [4.78, 5) is 26.1. The molecule has 2 amide bonds. The fourth-order valence-electron chi connectivity index (χ4n) is 2.73. The Labute approximate surface area is 141 Å². The Hall–Kier alpha value is -1.59. The van der Waals surface area contributed by atoms with Gasteiger partial charge in [0.05, 0.1) is 10.6 Å². The third-order valence-corrected chi connectivity index (χ3v) is 4.47. The van der Waals surface area contributed by atoms with Crippen LogP contribution in [0.15, 0.2) is 18.2 Å². The van der Waals surface area contributed by atoms with Crippen molar-refractivity contribution >= 4 is 29.1 Å². The first-order valence-corrected chi connectivity index (χ1v) is 8.33. The topological polar surface area (TPSA) is 69.6 Å². The summed E-state index contributed by atoms with van der Waals surface area (Å²) in [7, 11) is 0. The lowest BCUT2D eigenvalue weighted by Gasteiger charge is -2.22. The van der Waals surface area contributed by atoms with Crippen molar-refractivity contribution in [2.24, 2.45) is 5.92 Å². The molecule has 5 nitrogen and oxygen atoms in total. The van der Waals surface area contributed by atoms with Crippen molar-refractivity contribution in [1.29, 1.82) is 0 Å². The largest absolute Gasteiger partial charge is 0.396 e. The van der Waals surface area contributed by atoms with E-state index in [9.17, 15) is 9.59 Å². The number of rotatable bonds is 6. The van der Waals surface area contributed by atoms with Crippen LogP contribution in [0.25, 0.3) is 0 Å². The average molecular weight is 339 g/mol. The molecular weight excluding hydrogens is 316 g/mol. The Morgan fingerprint density at radius 3 is 2.74 bits per heavy atom. The van der Waals surface area contributed by atoms with E-state index >= 15 is 0 Å². The lowest BCUT2D eigenvalue weighted by Crippen LogP contribution is -2.39. The molecule has 1 aliphatic heterocycles. The Bertz CT molecular complexity index is 589. The van der Waals surface area contributed by atoms with Crippen LogP contribution in [0.3, 0.4) is 0 Å². The number of amides is 2. The number of aliphatic hydroxyl groups excluding tert-OH is 1. The maximum Gasteiger partial charge on any atom is 0.253 e. The summed E-state index contributed by atoms with van der Waals surface area (Å²) in [5.41, 5.74) is 1.05. The fourth-order valence-corrected chi connectivity index (χ4v) is 2.94. The van der Waals surface area contributed by atoms with E-state index in [1.54, 1.807) is 23.1 Å². The monoisotopic (exact) mass is 338 g/mol. The van der Waals surface area contributed by atoms with Gasteiger partial charge in [-0.3, -0.25) is 9.59 Å². The number of nitrogens with one attached hydrogen (secondary N) is 1. The van der Waals surface area contributed by atoms with Gasteiger partial charge in [0.15, 0.2) is 0 Å². The highest BCUT2D eigenvalue weighted by atomic mass is 35.5. The molecule has 0 bridgehead atoms. The number of anilines is 1.